The van der Waals surface area contributed by atoms with Gasteiger partial charge in [-0.1, -0.05) is 57.9 Å². The van der Waals surface area contributed by atoms with Gasteiger partial charge in [-0.2, -0.15) is 0 Å². The van der Waals surface area contributed by atoms with Crippen molar-refractivity contribution in [3.63, 3.8) is 0 Å². The molecule has 2 aromatic rings. The zero-order chi connectivity index (χ0) is 13.8. The van der Waals surface area contributed by atoms with Crippen LogP contribution in [0.1, 0.15) is 21.5 Å². The average molecular weight is 339 g/mol. The Hall–Kier alpha value is -1.32. The Kier molecular flexibility index (Phi) is 4.61. The molecule has 0 aliphatic rings. The molecule has 0 aliphatic carbocycles. The molecule has 0 saturated carbocycles. The molecule has 0 heterocycles. The summed E-state index contributed by atoms with van der Waals surface area (Å²) in [6.07, 6.45) is 0. The van der Waals surface area contributed by atoms with Crippen LogP contribution in [0.4, 0.5) is 5.69 Å². The van der Waals surface area contributed by atoms with Crippen molar-refractivity contribution in [1.29, 1.82) is 0 Å². The molecule has 1 amide bonds. The van der Waals surface area contributed by atoms with Crippen molar-refractivity contribution >= 4 is 39.1 Å². The molecular weight excluding hydrogens is 326 g/mol. The maximum atomic E-state index is 12.2. The van der Waals surface area contributed by atoms with E-state index >= 15 is 0 Å². The van der Waals surface area contributed by atoms with E-state index in [4.69, 9.17) is 11.6 Å². The Morgan fingerprint density at radius 3 is 2.68 bits per heavy atom. The minimum Gasteiger partial charge on any atom is -0.322 e. The average Bonchev–Trinajstić information content (AvgIpc) is 2.42. The van der Waals surface area contributed by atoms with Crippen LogP contribution < -0.4 is 5.32 Å². The third-order valence-corrected chi connectivity index (χ3v) is 3.95. The van der Waals surface area contributed by atoms with Gasteiger partial charge in [-0.05, 0) is 30.2 Å². The highest BCUT2D eigenvalue weighted by atomic mass is 79.9. The van der Waals surface area contributed by atoms with E-state index in [0.29, 0.717) is 15.9 Å². The second-order valence-corrected chi connectivity index (χ2v) is 5.12. The Labute approximate surface area is 125 Å². The molecule has 98 valence electrons. The van der Waals surface area contributed by atoms with Crippen LogP contribution in [0, 0.1) is 6.92 Å². The number of halogens is 2. The predicted octanol–water partition coefficient (Wildman–Crippen LogP) is 4.80. The van der Waals surface area contributed by atoms with Gasteiger partial charge in [0, 0.05) is 11.0 Å². The van der Waals surface area contributed by atoms with Crippen LogP contribution in [0.15, 0.2) is 42.5 Å². The number of alkyl halides is 1. The first kappa shape index (κ1) is 14.1. The number of anilines is 1. The van der Waals surface area contributed by atoms with Crippen molar-refractivity contribution in [3.05, 3.63) is 64.2 Å². The monoisotopic (exact) mass is 337 g/mol. The number of carbonyl (C=O) groups is 1. The molecule has 0 bridgehead atoms. The summed E-state index contributed by atoms with van der Waals surface area (Å²) >= 11 is 9.56. The number of carbonyl (C=O) groups excluding carboxylic acids is 1. The van der Waals surface area contributed by atoms with Gasteiger partial charge in [0.15, 0.2) is 0 Å². The first-order chi connectivity index (χ1) is 9.13. The molecule has 1 N–H and O–H groups in total. The molecule has 0 saturated heterocycles. The fraction of sp³-hybridized carbons (Fsp3) is 0.133. The molecule has 0 atom stereocenters. The molecular formula is C15H13BrClNO. The number of amides is 1. The summed E-state index contributed by atoms with van der Waals surface area (Å²) in [6, 6.07) is 13.1. The van der Waals surface area contributed by atoms with Gasteiger partial charge in [-0.25, -0.2) is 0 Å². The summed E-state index contributed by atoms with van der Waals surface area (Å²) in [6.45, 7) is 1.88. The van der Waals surface area contributed by atoms with Gasteiger partial charge in [-0.3, -0.25) is 4.79 Å². The number of hydrogen-bond donors (Lipinski definition) is 1. The van der Waals surface area contributed by atoms with Crippen molar-refractivity contribution in [2.75, 3.05) is 5.32 Å². The summed E-state index contributed by atoms with van der Waals surface area (Å²) < 4.78 is 0. The van der Waals surface area contributed by atoms with Gasteiger partial charge in [0.1, 0.15) is 0 Å². The van der Waals surface area contributed by atoms with Crippen molar-refractivity contribution < 1.29 is 4.79 Å². The van der Waals surface area contributed by atoms with Gasteiger partial charge in [0.05, 0.1) is 10.6 Å². The molecule has 2 nitrogen and oxygen atoms in total. The van der Waals surface area contributed by atoms with Gasteiger partial charge in [-0.15, -0.1) is 0 Å². The fourth-order valence-corrected chi connectivity index (χ4v) is 2.47. The molecule has 2 aromatic carbocycles. The van der Waals surface area contributed by atoms with E-state index in [0.717, 1.165) is 16.8 Å². The Morgan fingerprint density at radius 1 is 1.21 bits per heavy atom. The molecule has 0 radical (unpaired) electrons. The minimum absolute atomic E-state index is 0.192. The van der Waals surface area contributed by atoms with E-state index in [1.165, 1.54) is 0 Å². The molecule has 0 spiro atoms. The number of para-hydroxylation sites is 1. The Balaban J connectivity index is 2.28. The van der Waals surface area contributed by atoms with E-state index in [1.807, 2.05) is 43.3 Å². The number of hydrogen-bond acceptors (Lipinski definition) is 1. The number of nitrogens with one attached hydrogen (secondary N) is 1. The van der Waals surface area contributed by atoms with Crippen molar-refractivity contribution in [2.45, 2.75) is 12.3 Å². The minimum atomic E-state index is -0.192. The molecule has 0 fully saturated rings. The topological polar surface area (TPSA) is 29.1 Å². The van der Waals surface area contributed by atoms with Crippen molar-refractivity contribution in [1.82, 2.24) is 0 Å². The zero-order valence-corrected chi connectivity index (χ0v) is 12.8. The summed E-state index contributed by atoms with van der Waals surface area (Å²) in [5, 5.41) is 4.07. The number of benzene rings is 2. The standard InChI is InChI=1S/C15H13BrClNO/c1-10-5-4-7-12(14(10)17)15(19)18-13-8-3-2-6-11(13)9-16/h2-8H,9H2,1H3,(H,18,19). The van der Waals surface area contributed by atoms with Gasteiger partial charge in [0.2, 0.25) is 0 Å². The van der Waals surface area contributed by atoms with Gasteiger partial charge >= 0.3 is 0 Å². The quantitative estimate of drug-likeness (QED) is 0.801. The second-order valence-electron chi connectivity index (χ2n) is 4.18. The van der Waals surface area contributed by atoms with E-state index in [2.05, 4.69) is 21.2 Å². The van der Waals surface area contributed by atoms with Crippen LogP contribution in [0.5, 0.6) is 0 Å². The summed E-state index contributed by atoms with van der Waals surface area (Å²) in [5.41, 5.74) is 3.20. The molecule has 19 heavy (non-hydrogen) atoms. The summed E-state index contributed by atoms with van der Waals surface area (Å²) in [7, 11) is 0. The van der Waals surface area contributed by atoms with E-state index in [1.54, 1.807) is 6.07 Å². The number of aryl methyl sites for hydroxylation is 1. The lowest BCUT2D eigenvalue weighted by Gasteiger charge is -2.11. The first-order valence-electron chi connectivity index (χ1n) is 5.84. The molecule has 0 unspecified atom stereocenters. The Morgan fingerprint density at radius 2 is 1.95 bits per heavy atom. The maximum Gasteiger partial charge on any atom is 0.257 e. The predicted molar refractivity (Wildman–Crippen MR) is 83.2 cm³/mol. The maximum absolute atomic E-state index is 12.2. The third kappa shape index (κ3) is 3.17. The lowest BCUT2D eigenvalue weighted by molar-refractivity contribution is 0.102. The highest BCUT2D eigenvalue weighted by Gasteiger charge is 2.13. The largest absolute Gasteiger partial charge is 0.322 e. The summed E-state index contributed by atoms with van der Waals surface area (Å²) in [4.78, 5) is 12.2. The SMILES string of the molecule is Cc1cccc(C(=O)Nc2ccccc2CBr)c1Cl. The number of rotatable bonds is 3. The highest BCUT2D eigenvalue weighted by Crippen LogP contribution is 2.23. The second kappa shape index (κ2) is 6.22. The third-order valence-electron chi connectivity index (χ3n) is 2.85. The van der Waals surface area contributed by atoms with Crippen LogP contribution in [-0.4, -0.2) is 5.91 Å². The van der Waals surface area contributed by atoms with Crippen LogP contribution >= 0.6 is 27.5 Å². The fourth-order valence-electron chi connectivity index (χ4n) is 1.77. The first-order valence-corrected chi connectivity index (χ1v) is 7.33. The molecule has 0 aliphatic heterocycles. The van der Waals surface area contributed by atoms with Crippen LogP contribution in [0.25, 0.3) is 0 Å². The molecule has 2 rings (SSSR count). The molecule has 4 heteroatoms. The van der Waals surface area contributed by atoms with E-state index < -0.39 is 0 Å². The smallest absolute Gasteiger partial charge is 0.257 e. The van der Waals surface area contributed by atoms with E-state index in [-0.39, 0.29) is 5.91 Å². The van der Waals surface area contributed by atoms with Crippen molar-refractivity contribution in [3.8, 4) is 0 Å². The van der Waals surface area contributed by atoms with Crippen LogP contribution in [0.3, 0.4) is 0 Å². The lowest BCUT2D eigenvalue weighted by atomic mass is 10.1. The van der Waals surface area contributed by atoms with Gasteiger partial charge < -0.3 is 5.32 Å². The van der Waals surface area contributed by atoms with E-state index in [9.17, 15) is 4.79 Å². The zero-order valence-electron chi connectivity index (χ0n) is 10.4. The van der Waals surface area contributed by atoms with Crippen LogP contribution in [0.2, 0.25) is 5.02 Å². The normalized spacial score (nSPS) is 10.3. The lowest BCUT2D eigenvalue weighted by Crippen LogP contribution is -2.13. The Bertz CT molecular complexity index is 613. The molecule has 0 aromatic heterocycles. The summed E-state index contributed by atoms with van der Waals surface area (Å²) in [5.74, 6) is -0.192. The highest BCUT2D eigenvalue weighted by molar-refractivity contribution is 9.08. The van der Waals surface area contributed by atoms with Crippen molar-refractivity contribution in [2.24, 2.45) is 0 Å². The van der Waals surface area contributed by atoms with Gasteiger partial charge in [0.25, 0.3) is 5.91 Å². The van der Waals surface area contributed by atoms with Crippen LogP contribution in [-0.2, 0) is 5.33 Å².